The van der Waals surface area contributed by atoms with Crippen molar-refractivity contribution >= 4 is 113 Å². The van der Waals surface area contributed by atoms with E-state index in [0.717, 1.165) is 72.4 Å². The molecule has 12 rings (SSSR count). The summed E-state index contributed by atoms with van der Waals surface area (Å²) in [7, 11) is 3.25. The molecule has 0 atom stereocenters. The first-order valence-corrected chi connectivity index (χ1v) is 26.4. The van der Waals surface area contributed by atoms with E-state index < -0.39 is 0 Å². The van der Waals surface area contributed by atoms with Gasteiger partial charge in [0.2, 0.25) is 0 Å². The second-order valence-electron chi connectivity index (χ2n) is 16.8. The van der Waals surface area contributed by atoms with Crippen LogP contribution >= 0.6 is 69.6 Å². The van der Waals surface area contributed by atoms with Crippen molar-refractivity contribution in [2.24, 2.45) is 0 Å². The van der Waals surface area contributed by atoms with Gasteiger partial charge in [-0.3, -0.25) is 19.9 Å². The van der Waals surface area contributed by atoms with E-state index in [1.807, 2.05) is 165 Å². The Labute approximate surface area is 485 Å². The highest BCUT2D eigenvalue weighted by molar-refractivity contribution is 6.38. The number of halogens is 6. The molecule has 10 nitrogen and oxygen atoms in total. The van der Waals surface area contributed by atoms with Crippen molar-refractivity contribution in [3.05, 3.63) is 249 Å². The third kappa shape index (κ3) is 13.6. The fraction of sp³-hybridized carbons (Fsp3) is 0.0476. The molecule has 0 spiro atoms. The number of pyridine rings is 4. The van der Waals surface area contributed by atoms with Crippen LogP contribution in [0.15, 0.2) is 213 Å². The smallest absolute Gasteiger partial charge is 0.169 e. The van der Waals surface area contributed by atoms with Gasteiger partial charge in [0.1, 0.15) is 40.2 Å². The topological polar surface area (TPSA) is 107 Å². The largest absolute Gasteiger partial charge is 0.497 e. The Morgan fingerprint density at radius 2 is 0.620 bits per heavy atom. The highest BCUT2D eigenvalue weighted by Crippen LogP contribution is 2.40. The third-order valence-electron chi connectivity index (χ3n) is 11.7. The summed E-state index contributed by atoms with van der Waals surface area (Å²) in [6.45, 7) is 2.02. The first kappa shape index (κ1) is 55.7. The molecule has 8 aromatic carbocycles. The maximum atomic E-state index is 6.15. The molecule has 0 unspecified atom stereocenters. The number of fused-ring (bicyclic) bond motifs is 4. The van der Waals surface area contributed by atoms with Gasteiger partial charge >= 0.3 is 0 Å². The van der Waals surface area contributed by atoms with Gasteiger partial charge in [-0.2, -0.15) is 0 Å². The maximum Gasteiger partial charge on any atom is 0.169 e. The number of aromatic nitrogens is 4. The number of aryl methyl sites for hydroxylation is 1. The molecule has 0 aliphatic carbocycles. The van der Waals surface area contributed by atoms with Crippen molar-refractivity contribution in [1.29, 1.82) is 0 Å². The van der Waals surface area contributed by atoms with E-state index >= 15 is 0 Å². The molecule has 79 heavy (non-hydrogen) atoms. The van der Waals surface area contributed by atoms with Gasteiger partial charge in [-0.05, 0) is 140 Å². The van der Waals surface area contributed by atoms with Crippen molar-refractivity contribution in [2.45, 2.75) is 6.92 Å². The second-order valence-corrected chi connectivity index (χ2v) is 19.3. The fourth-order valence-corrected chi connectivity index (χ4v) is 9.25. The lowest BCUT2D eigenvalue weighted by molar-refractivity contribution is 0.380. The summed E-state index contributed by atoms with van der Waals surface area (Å²) < 4.78 is 34.1. The molecule has 0 saturated heterocycles. The van der Waals surface area contributed by atoms with Crippen molar-refractivity contribution in [2.75, 3.05) is 14.2 Å². The van der Waals surface area contributed by atoms with Gasteiger partial charge in [0.15, 0.2) is 17.2 Å². The molecule has 0 amide bonds. The zero-order valence-corrected chi connectivity index (χ0v) is 46.7. The van der Waals surface area contributed by atoms with Crippen LogP contribution in [-0.2, 0) is 0 Å². The van der Waals surface area contributed by atoms with Gasteiger partial charge in [0.05, 0.1) is 66.4 Å². The Morgan fingerprint density at radius 3 is 1.04 bits per heavy atom. The third-order valence-corrected chi connectivity index (χ3v) is 13.6. The average molecular weight is 1170 g/mol. The lowest BCUT2D eigenvalue weighted by Crippen LogP contribution is -1.91. The number of hydrogen-bond donors (Lipinski definition) is 0. The number of benzene rings is 8. The van der Waals surface area contributed by atoms with Crippen molar-refractivity contribution < 1.29 is 28.4 Å². The van der Waals surface area contributed by atoms with Crippen molar-refractivity contribution in [3.63, 3.8) is 0 Å². The Kier molecular flexibility index (Phi) is 18.7. The molecular weight excluding hydrogens is 1120 g/mol. The van der Waals surface area contributed by atoms with E-state index in [9.17, 15) is 0 Å². The van der Waals surface area contributed by atoms with E-state index in [4.69, 9.17) is 98.0 Å². The normalized spacial score (nSPS) is 10.6. The number of hydrogen-bond acceptors (Lipinski definition) is 10. The zero-order chi connectivity index (χ0) is 55.3. The van der Waals surface area contributed by atoms with Gasteiger partial charge in [-0.25, -0.2) is 0 Å². The van der Waals surface area contributed by atoms with Crippen LogP contribution in [0.25, 0.3) is 43.6 Å². The van der Waals surface area contributed by atoms with Gasteiger partial charge in [-0.15, -0.1) is 0 Å². The van der Waals surface area contributed by atoms with E-state index in [1.54, 1.807) is 69.3 Å². The van der Waals surface area contributed by atoms with E-state index in [2.05, 4.69) is 19.9 Å². The summed E-state index contributed by atoms with van der Waals surface area (Å²) in [4.78, 5) is 17.1. The number of para-hydroxylation sites is 8. The molecule has 0 fully saturated rings. The van der Waals surface area contributed by atoms with Gasteiger partial charge in [-0.1, -0.05) is 130 Å². The van der Waals surface area contributed by atoms with Crippen LogP contribution in [0, 0.1) is 6.92 Å². The highest BCUT2D eigenvalue weighted by Gasteiger charge is 2.14. The molecule has 0 N–H and O–H groups in total. The Bertz CT molecular complexity index is 4060. The second kappa shape index (κ2) is 26.5. The standard InChI is InChI=1S/2C16H12ClNO2.C16H12ClNO.C15H8Cl3NO/c1-19-14-7-2-3-8-15(14)20-13-9-10-18-16-11(13)5-4-6-12(16)17;1-19-11-5-7-12(8-6-11)20-15-9-10-18-16-13(15)3-2-4-14(16)17;1-11-5-2-3-8-14(11)19-15-9-10-18-16-12(15)6-4-7-13(16)17;16-10-4-1-3-9-13(7-8-19-14(9)10)20-15-11(17)5-2-6-12(15)18/h2*2-10H,1H3;2-10H,1H3;1-8H. The van der Waals surface area contributed by atoms with Crippen LogP contribution in [0.2, 0.25) is 30.1 Å². The molecule has 0 bridgehead atoms. The molecule has 394 valence electrons. The summed E-state index contributed by atoms with van der Waals surface area (Å²) >= 11 is 36.8. The van der Waals surface area contributed by atoms with Crippen molar-refractivity contribution in [1.82, 2.24) is 19.9 Å². The molecule has 0 aliphatic heterocycles. The Hall–Kier alpha value is -8.06. The van der Waals surface area contributed by atoms with Crippen LogP contribution in [0.4, 0.5) is 0 Å². The predicted molar refractivity (Wildman–Crippen MR) is 321 cm³/mol. The summed E-state index contributed by atoms with van der Waals surface area (Å²) in [5, 5.41) is 6.78. The van der Waals surface area contributed by atoms with Crippen LogP contribution in [-0.4, -0.2) is 34.2 Å². The average Bonchev–Trinajstić information content (AvgIpc) is 3.50. The van der Waals surface area contributed by atoms with Crippen LogP contribution < -0.4 is 28.4 Å². The molecular formula is C63H44Cl6N4O6. The molecule has 0 aliphatic rings. The monoisotopic (exact) mass is 1160 g/mol. The zero-order valence-electron chi connectivity index (χ0n) is 42.2. The van der Waals surface area contributed by atoms with Crippen LogP contribution in [0.1, 0.15) is 5.56 Å². The summed E-state index contributed by atoms with van der Waals surface area (Å²) in [5.41, 5.74) is 3.99. The molecule has 12 aromatic rings. The van der Waals surface area contributed by atoms with E-state index in [0.29, 0.717) is 64.4 Å². The lowest BCUT2D eigenvalue weighted by atomic mass is 10.2. The van der Waals surface area contributed by atoms with Gasteiger partial charge < -0.3 is 28.4 Å². The summed E-state index contributed by atoms with van der Waals surface area (Å²) in [5.74, 6) is 6.91. The van der Waals surface area contributed by atoms with Crippen LogP contribution in [0.3, 0.4) is 0 Å². The van der Waals surface area contributed by atoms with Gasteiger partial charge in [0.25, 0.3) is 0 Å². The first-order chi connectivity index (χ1) is 38.5. The minimum absolute atomic E-state index is 0.420. The quantitative estimate of drug-likeness (QED) is 0.131. The van der Waals surface area contributed by atoms with E-state index in [-0.39, 0.29) is 0 Å². The van der Waals surface area contributed by atoms with Gasteiger partial charge in [0, 0.05) is 46.3 Å². The Morgan fingerprint density at radius 1 is 0.278 bits per heavy atom. The number of nitrogens with zero attached hydrogens (tertiary/aromatic N) is 4. The highest BCUT2D eigenvalue weighted by atomic mass is 35.5. The molecule has 4 aromatic heterocycles. The SMILES string of the molecule is COc1ccc(Oc2ccnc3c(Cl)cccc23)cc1.COc1ccccc1Oc1ccnc2c(Cl)cccc12.Cc1ccccc1Oc1ccnc2c(Cl)cccc12.Clc1cccc(Cl)c1Oc1ccnc2c(Cl)cccc12. The molecule has 4 heterocycles. The summed E-state index contributed by atoms with van der Waals surface area (Å²) in [6.07, 6.45) is 6.71. The number of methoxy groups -OCH3 is 2. The van der Waals surface area contributed by atoms with Crippen molar-refractivity contribution in [3.8, 4) is 57.5 Å². The molecule has 0 saturated carbocycles. The maximum absolute atomic E-state index is 6.15. The van der Waals surface area contributed by atoms with Crippen LogP contribution in [0.5, 0.6) is 57.5 Å². The predicted octanol–water partition coefficient (Wildman–Crippen LogP) is 20.4. The summed E-state index contributed by atoms with van der Waals surface area (Å²) in [6, 6.07) is 57.7. The lowest BCUT2D eigenvalue weighted by Gasteiger charge is -2.11. The molecule has 0 radical (unpaired) electrons. The fourth-order valence-electron chi connectivity index (χ4n) is 7.89. The Balaban J connectivity index is 0.000000128. The minimum atomic E-state index is 0.420. The number of rotatable bonds is 10. The van der Waals surface area contributed by atoms with E-state index in [1.165, 1.54) is 0 Å². The molecule has 16 heteroatoms. The first-order valence-electron chi connectivity index (χ1n) is 24.1. The number of ether oxygens (including phenoxy) is 6. The minimum Gasteiger partial charge on any atom is -0.497 e.